The molecule has 5 rings (SSSR count). The second kappa shape index (κ2) is 9.87. The van der Waals surface area contributed by atoms with Crippen LogP contribution in [0.1, 0.15) is 11.1 Å². The number of urea groups is 1. The van der Waals surface area contributed by atoms with Crippen LogP contribution < -0.4 is 15.0 Å². The zero-order chi connectivity index (χ0) is 23.3. The van der Waals surface area contributed by atoms with Crippen LogP contribution in [-0.4, -0.2) is 53.8 Å². The molecule has 2 heterocycles. The van der Waals surface area contributed by atoms with Gasteiger partial charge in [0.1, 0.15) is 5.75 Å². The molecule has 0 radical (unpaired) electrons. The van der Waals surface area contributed by atoms with Crippen molar-refractivity contribution in [2.45, 2.75) is 13.1 Å². The molecule has 1 saturated heterocycles. The highest BCUT2D eigenvalue weighted by molar-refractivity contribution is 5.75. The van der Waals surface area contributed by atoms with Crippen LogP contribution in [0, 0.1) is 0 Å². The average Bonchev–Trinajstić information content (AvgIpc) is 3.31. The maximum absolute atomic E-state index is 12.7. The number of methoxy groups -OCH3 is 1. The number of benzene rings is 3. The summed E-state index contributed by atoms with van der Waals surface area (Å²) in [5.41, 5.74) is 5.50. The van der Waals surface area contributed by atoms with Gasteiger partial charge >= 0.3 is 6.03 Å². The van der Waals surface area contributed by atoms with Gasteiger partial charge in [0.2, 0.25) is 0 Å². The van der Waals surface area contributed by atoms with Crippen molar-refractivity contribution in [3.8, 4) is 5.75 Å². The van der Waals surface area contributed by atoms with Crippen LogP contribution in [0.25, 0.3) is 11.0 Å². The van der Waals surface area contributed by atoms with Crippen molar-refractivity contribution in [1.82, 2.24) is 19.8 Å². The molecule has 0 unspecified atom stereocenters. The van der Waals surface area contributed by atoms with Gasteiger partial charge in [0.15, 0.2) is 0 Å². The van der Waals surface area contributed by atoms with E-state index in [1.54, 1.807) is 7.11 Å². The normalized spacial score (nSPS) is 13.8. The molecule has 1 fully saturated rings. The molecule has 1 aromatic heterocycles. The molecule has 34 heavy (non-hydrogen) atoms. The van der Waals surface area contributed by atoms with E-state index in [0.29, 0.717) is 19.6 Å². The average molecular weight is 456 g/mol. The number of rotatable bonds is 6. The molecule has 0 aliphatic carbocycles. The number of piperazine rings is 1. The molecule has 7 heteroatoms. The Hall–Kier alpha value is -4.00. The van der Waals surface area contributed by atoms with Crippen LogP contribution in [0.2, 0.25) is 0 Å². The zero-order valence-corrected chi connectivity index (χ0v) is 19.4. The first kappa shape index (κ1) is 21.8. The topological polar surface area (TPSA) is 62.6 Å². The first-order valence-corrected chi connectivity index (χ1v) is 11.6. The molecule has 7 nitrogen and oxygen atoms in total. The maximum Gasteiger partial charge on any atom is 0.317 e. The predicted molar refractivity (Wildman–Crippen MR) is 134 cm³/mol. The standard InChI is InChI=1S/C27H29N5O2/c1-34-26-9-5-4-8-25(26)30-14-16-31(17-15-30)27(33)28-18-21-10-12-22(13-11-21)19-32-20-29-23-6-2-3-7-24(23)32/h2-13,20H,14-19H2,1H3,(H,28,33). The number of hydrogen-bond donors (Lipinski definition) is 1. The number of imidazole rings is 1. The number of para-hydroxylation sites is 4. The monoisotopic (exact) mass is 455 g/mol. The minimum absolute atomic E-state index is 0.0198. The number of carbonyl (C=O) groups excluding carboxylic acids is 1. The number of carbonyl (C=O) groups is 1. The van der Waals surface area contributed by atoms with E-state index in [2.05, 4.69) is 56.2 Å². The van der Waals surface area contributed by atoms with E-state index in [0.717, 1.165) is 47.7 Å². The van der Waals surface area contributed by atoms with Gasteiger partial charge in [-0.15, -0.1) is 0 Å². The summed E-state index contributed by atoms with van der Waals surface area (Å²) >= 11 is 0. The first-order chi connectivity index (χ1) is 16.7. The van der Waals surface area contributed by atoms with Gasteiger partial charge < -0.3 is 24.4 Å². The van der Waals surface area contributed by atoms with Gasteiger partial charge in [0.25, 0.3) is 0 Å². The summed E-state index contributed by atoms with van der Waals surface area (Å²) in [5, 5.41) is 3.06. The second-order valence-corrected chi connectivity index (χ2v) is 8.48. The highest BCUT2D eigenvalue weighted by Gasteiger charge is 2.22. The summed E-state index contributed by atoms with van der Waals surface area (Å²) in [6.07, 6.45) is 1.88. The van der Waals surface area contributed by atoms with Gasteiger partial charge in [-0.2, -0.15) is 0 Å². The van der Waals surface area contributed by atoms with Gasteiger partial charge in [-0.05, 0) is 35.4 Å². The van der Waals surface area contributed by atoms with E-state index in [1.807, 2.05) is 47.6 Å². The lowest BCUT2D eigenvalue weighted by molar-refractivity contribution is 0.194. The van der Waals surface area contributed by atoms with Crippen molar-refractivity contribution in [3.63, 3.8) is 0 Å². The summed E-state index contributed by atoms with van der Waals surface area (Å²) in [6, 6.07) is 24.5. The Morgan fingerprint density at radius 2 is 1.62 bits per heavy atom. The van der Waals surface area contributed by atoms with Gasteiger partial charge in [0, 0.05) is 39.3 Å². The third kappa shape index (κ3) is 4.69. The minimum Gasteiger partial charge on any atom is -0.495 e. The Kier molecular flexibility index (Phi) is 6.33. The third-order valence-electron chi connectivity index (χ3n) is 6.34. The van der Waals surface area contributed by atoms with E-state index in [4.69, 9.17) is 4.74 Å². The molecule has 0 saturated carbocycles. The number of aromatic nitrogens is 2. The molecular formula is C27H29N5O2. The van der Waals surface area contributed by atoms with E-state index >= 15 is 0 Å². The fourth-order valence-corrected chi connectivity index (χ4v) is 4.43. The van der Waals surface area contributed by atoms with Crippen LogP contribution in [0.4, 0.5) is 10.5 Å². The summed E-state index contributed by atoms with van der Waals surface area (Å²) in [6.45, 7) is 4.21. The molecule has 1 N–H and O–H groups in total. The molecular weight excluding hydrogens is 426 g/mol. The highest BCUT2D eigenvalue weighted by atomic mass is 16.5. The van der Waals surface area contributed by atoms with E-state index in [9.17, 15) is 4.79 Å². The van der Waals surface area contributed by atoms with Crippen molar-refractivity contribution in [2.75, 3.05) is 38.2 Å². The molecule has 1 aliphatic rings. The second-order valence-electron chi connectivity index (χ2n) is 8.48. The van der Waals surface area contributed by atoms with Crippen LogP contribution in [0.15, 0.2) is 79.1 Å². The maximum atomic E-state index is 12.7. The van der Waals surface area contributed by atoms with Crippen molar-refractivity contribution in [1.29, 1.82) is 0 Å². The molecule has 4 aromatic rings. The van der Waals surface area contributed by atoms with Crippen molar-refractivity contribution in [3.05, 3.63) is 90.3 Å². The summed E-state index contributed by atoms with van der Waals surface area (Å²) < 4.78 is 7.63. The number of nitrogens with zero attached hydrogens (tertiary/aromatic N) is 4. The number of ether oxygens (including phenoxy) is 1. The van der Waals surface area contributed by atoms with E-state index in [-0.39, 0.29) is 6.03 Å². The predicted octanol–water partition coefficient (Wildman–Crippen LogP) is 4.13. The Morgan fingerprint density at radius 1 is 0.912 bits per heavy atom. The Labute approximate surface area is 199 Å². The molecule has 0 atom stereocenters. The lowest BCUT2D eigenvalue weighted by atomic mass is 10.1. The molecule has 2 amide bonds. The third-order valence-corrected chi connectivity index (χ3v) is 6.34. The molecule has 3 aromatic carbocycles. The van der Waals surface area contributed by atoms with Crippen molar-refractivity contribution < 1.29 is 9.53 Å². The fourth-order valence-electron chi connectivity index (χ4n) is 4.43. The first-order valence-electron chi connectivity index (χ1n) is 11.6. The largest absolute Gasteiger partial charge is 0.495 e. The van der Waals surface area contributed by atoms with E-state index in [1.165, 1.54) is 5.56 Å². The van der Waals surface area contributed by atoms with Gasteiger partial charge in [-0.3, -0.25) is 0 Å². The van der Waals surface area contributed by atoms with Crippen LogP contribution in [-0.2, 0) is 13.1 Å². The number of hydrogen-bond acceptors (Lipinski definition) is 4. The number of amides is 2. The summed E-state index contributed by atoms with van der Waals surface area (Å²) in [7, 11) is 1.69. The molecule has 1 aliphatic heterocycles. The zero-order valence-electron chi connectivity index (χ0n) is 19.4. The van der Waals surface area contributed by atoms with Crippen LogP contribution in [0.3, 0.4) is 0 Å². The van der Waals surface area contributed by atoms with Crippen LogP contribution in [0.5, 0.6) is 5.75 Å². The lowest BCUT2D eigenvalue weighted by Crippen LogP contribution is -2.51. The minimum atomic E-state index is -0.0198. The number of anilines is 1. The van der Waals surface area contributed by atoms with Crippen molar-refractivity contribution in [2.24, 2.45) is 0 Å². The SMILES string of the molecule is COc1ccccc1N1CCN(C(=O)NCc2ccc(Cn3cnc4ccccc43)cc2)CC1. The van der Waals surface area contributed by atoms with Gasteiger partial charge in [-0.1, -0.05) is 48.5 Å². The lowest BCUT2D eigenvalue weighted by Gasteiger charge is -2.36. The molecule has 0 bridgehead atoms. The number of fused-ring (bicyclic) bond motifs is 1. The van der Waals surface area contributed by atoms with E-state index < -0.39 is 0 Å². The summed E-state index contributed by atoms with van der Waals surface area (Å²) in [4.78, 5) is 21.3. The van der Waals surface area contributed by atoms with Gasteiger partial charge in [-0.25, -0.2) is 9.78 Å². The fraction of sp³-hybridized carbons (Fsp3) is 0.259. The smallest absolute Gasteiger partial charge is 0.317 e. The highest BCUT2D eigenvalue weighted by Crippen LogP contribution is 2.28. The Balaban J connectivity index is 1.12. The van der Waals surface area contributed by atoms with Crippen molar-refractivity contribution >= 4 is 22.8 Å². The van der Waals surface area contributed by atoms with Crippen LogP contribution >= 0.6 is 0 Å². The molecule has 174 valence electrons. The Bertz CT molecular complexity index is 1260. The quantitative estimate of drug-likeness (QED) is 0.475. The molecule has 0 spiro atoms. The van der Waals surface area contributed by atoms with Gasteiger partial charge in [0.05, 0.1) is 30.2 Å². The summed E-state index contributed by atoms with van der Waals surface area (Å²) in [5.74, 6) is 0.866. The Morgan fingerprint density at radius 3 is 2.41 bits per heavy atom. The number of nitrogens with one attached hydrogen (secondary N) is 1.